The summed E-state index contributed by atoms with van der Waals surface area (Å²) >= 11 is 0. The summed E-state index contributed by atoms with van der Waals surface area (Å²) in [6.07, 6.45) is 40.8. The first-order valence-corrected chi connectivity index (χ1v) is 22.5. The molecular formula is C45H86O6. The Hall–Kier alpha value is -1.59. The van der Waals surface area contributed by atoms with Crippen LogP contribution in [-0.2, 0) is 28.6 Å². The van der Waals surface area contributed by atoms with Crippen LogP contribution < -0.4 is 0 Å². The summed E-state index contributed by atoms with van der Waals surface area (Å²) in [6.45, 7) is 6.62. The third-order valence-corrected chi connectivity index (χ3v) is 10.1. The van der Waals surface area contributed by atoms with Crippen molar-refractivity contribution in [1.29, 1.82) is 0 Å². The zero-order chi connectivity index (χ0) is 37.3. The van der Waals surface area contributed by atoms with Gasteiger partial charge >= 0.3 is 17.9 Å². The molecular weight excluding hydrogens is 636 g/mol. The minimum Gasteiger partial charge on any atom is -0.462 e. The number of unbranched alkanes of at least 4 members (excludes halogenated alkanes) is 30. The number of carbonyl (C=O) groups excluding carboxylic acids is 3. The fraction of sp³-hybridized carbons (Fsp3) is 0.933. The fourth-order valence-electron chi connectivity index (χ4n) is 6.68. The molecule has 0 radical (unpaired) electrons. The van der Waals surface area contributed by atoms with Gasteiger partial charge in [0.1, 0.15) is 13.2 Å². The zero-order valence-corrected chi connectivity index (χ0v) is 34.4. The minimum absolute atomic E-state index is 0.0630. The molecule has 0 aromatic heterocycles. The number of rotatable bonds is 41. The molecule has 0 bridgehead atoms. The molecule has 1 atom stereocenters. The van der Waals surface area contributed by atoms with E-state index in [9.17, 15) is 14.4 Å². The van der Waals surface area contributed by atoms with Gasteiger partial charge in [-0.2, -0.15) is 0 Å². The highest BCUT2D eigenvalue weighted by atomic mass is 16.6. The quantitative estimate of drug-likeness (QED) is 0.0355. The topological polar surface area (TPSA) is 78.9 Å². The minimum atomic E-state index is -0.756. The zero-order valence-electron chi connectivity index (χ0n) is 34.4. The van der Waals surface area contributed by atoms with Gasteiger partial charge in [0.05, 0.1) is 0 Å². The van der Waals surface area contributed by atoms with E-state index in [1.807, 2.05) is 0 Å². The molecule has 6 heteroatoms. The summed E-state index contributed by atoms with van der Waals surface area (Å²) < 4.78 is 16.7. The molecule has 51 heavy (non-hydrogen) atoms. The van der Waals surface area contributed by atoms with Gasteiger partial charge in [0.15, 0.2) is 6.10 Å². The lowest BCUT2D eigenvalue weighted by atomic mass is 10.0. The van der Waals surface area contributed by atoms with Gasteiger partial charge in [-0.3, -0.25) is 14.4 Å². The van der Waals surface area contributed by atoms with E-state index in [1.54, 1.807) is 0 Å². The molecule has 0 aliphatic carbocycles. The third-order valence-electron chi connectivity index (χ3n) is 10.1. The lowest BCUT2D eigenvalue weighted by molar-refractivity contribution is -0.167. The Balaban J connectivity index is 4.28. The summed E-state index contributed by atoms with van der Waals surface area (Å²) in [6, 6.07) is 0. The monoisotopic (exact) mass is 723 g/mol. The summed E-state index contributed by atoms with van der Waals surface area (Å²) in [5, 5.41) is 0. The summed E-state index contributed by atoms with van der Waals surface area (Å²) in [7, 11) is 0. The smallest absolute Gasteiger partial charge is 0.306 e. The number of ether oxygens (including phenoxy) is 3. The lowest BCUT2D eigenvalue weighted by Crippen LogP contribution is -2.30. The summed E-state index contributed by atoms with van der Waals surface area (Å²) in [5.74, 6) is -0.857. The number of hydrogen-bond donors (Lipinski definition) is 0. The Morgan fingerprint density at radius 2 is 0.529 bits per heavy atom. The molecule has 302 valence electrons. The lowest BCUT2D eigenvalue weighted by Gasteiger charge is -2.18. The largest absolute Gasteiger partial charge is 0.462 e. The van der Waals surface area contributed by atoms with Crippen molar-refractivity contribution in [2.24, 2.45) is 0 Å². The third kappa shape index (κ3) is 39.5. The van der Waals surface area contributed by atoms with Gasteiger partial charge in [-0.1, -0.05) is 213 Å². The van der Waals surface area contributed by atoms with Crippen LogP contribution in [0.15, 0.2) is 0 Å². The van der Waals surface area contributed by atoms with Crippen LogP contribution in [0.5, 0.6) is 0 Å². The summed E-state index contributed by atoms with van der Waals surface area (Å²) in [5.41, 5.74) is 0. The second-order valence-corrected chi connectivity index (χ2v) is 15.3. The van der Waals surface area contributed by atoms with Gasteiger partial charge in [-0.15, -0.1) is 0 Å². The van der Waals surface area contributed by atoms with Crippen LogP contribution in [0, 0.1) is 0 Å². The van der Waals surface area contributed by atoms with E-state index in [0.717, 1.165) is 57.8 Å². The van der Waals surface area contributed by atoms with Gasteiger partial charge in [-0.25, -0.2) is 0 Å². The molecule has 0 saturated carbocycles. The van der Waals surface area contributed by atoms with E-state index in [-0.39, 0.29) is 31.1 Å². The summed E-state index contributed by atoms with van der Waals surface area (Å²) in [4.78, 5) is 37.6. The van der Waals surface area contributed by atoms with Gasteiger partial charge in [-0.05, 0) is 19.3 Å². The Morgan fingerprint density at radius 1 is 0.314 bits per heavy atom. The molecule has 0 amide bonds. The predicted molar refractivity (Wildman–Crippen MR) is 215 cm³/mol. The second kappa shape index (κ2) is 41.2. The van der Waals surface area contributed by atoms with E-state index < -0.39 is 6.10 Å². The van der Waals surface area contributed by atoms with Gasteiger partial charge in [0, 0.05) is 19.3 Å². The molecule has 0 rings (SSSR count). The average Bonchev–Trinajstić information content (AvgIpc) is 3.12. The molecule has 0 aromatic rings. The van der Waals surface area contributed by atoms with Crippen molar-refractivity contribution in [3.63, 3.8) is 0 Å². The van der Waals surface area contributed by atoms with Crippen LogP contribution in [0.1, 0.15) is 252 Å². The van der Waals surface area contributed by atoms with Crippen molar-refractivity contribution < 1.29 is 28.6 Å². The first-order valence-electron chi connectivity index (χ1n) is 22.5. The number of esters is 3. The highest BCUT2D eigenvalue weighted by Crippen LogP contribution is 2.15. The maximum atomic E-state index is 12.7. The normalized spacial score (nSPS) is 11.8. The van der Waals surface area contributed by atoms with Gasteiger partial charge in [0.25, 0.3) is 0 Å². The predicted octanol–water partition coefficient (Wildman–Crippen LogP) is 14.1. The Labute approximate surface area is 317 Å². The van der Waals surface area contributed by atoms with Crippen LogP contribution >= 0.6 is 0 Å². The van der Waals surface area contributed by atoms with Crippen molar-refractivity contribution in [1.82, 2.24) is 0 Å². The SMILES string of the molecule is CCCCCCCCCCCCCCCCC(=O)OCC(COC(=O)CCCCCCCCCC)OC(=O)CCCCCCCCCCCCC. The highest BCUT2D eigenvalue weighted by Gasteiger charge is 2.19. The Morgan fingerprint density at radius 3 is 0.784 bits per heavy atom. The standard InChI is InChI=1S/C45H86O6/c1-4-7-10-13-16-19-21-22-23-25-26-29-32-35-38-44(47)50-41-42(40-49-43(46)37-34-31-28-18-15-12-9-6-3)51-45(48)39-36-33-30-27-24-20-17-14-11-8-5-2/h42H,4-41H2,1-3H3. The van der Waals surface area contributed by atoms with Crippen LogP contribution in [0.3, 0.4) is 0 Å². The van der Waals surface area contributed by atoms with Crippen LogP contribution in [0.2, 0.25) is 0 Å². The van der Waals surface area contributed by atoms with Crippen molar-refractivity contribution in [2.45, 2.75) is 258 Å². The van der Waals surface area contributed by atoms with E-state index in [1.165, 1.54) is 154 Å². The fourth-order valence-corrected chi connectivity index (χ4v) is 6.68. The molecule has 0 saturated heterocycles. The van der Waals surface area contributed by atoms with Crippen molar-refractivity contribution in [3.05, 3.63) is 0 Å². The highest BCUT2D eigenvalue weighted by molar-refractivity contribution is 5.71. The maximum absolute atomic E-state index is 12.7. The average molecular weight is 723 g/mol. The van der Waals surface area contributed by atoms with E-state index >= 15 is 0 Å². The second-order valence-electron chi connectivity index (χ2n) is 15.3. The molecule has 6 nitrogen and oxygen atoms in total. The Bertz CT molecular complexity index is 753. The van der Waals surface area contributed by atoms with E-state index in [2.05, 4.69) is 20.8 Å². The molecule has 0 fully saturated rings. The molecule has 0 spiro atoms. The van der Waals surface area contributed by atoms with Gasteiger partial charge < -0.3 is 14.2 Å². The molecule has 1 unspecified atom stereocenters. The van der Waals surface area contributed by atoms with Crippen molar-refractivity contribution in [3.8, 4) is 0 Å². The molecule has 0 heterocycles. The van der Waals surface area contributed by atoms with E-state index in [0.29, 0.717) is 19.3 Å². The van der Waals surface area contributed by atoms with Crippen LogP contribution in [0.4, 0.5) is 0 Å². The molecule has 0 aliphatic rings. The number of carbonyl (C=O) groups is 3. The Kier molecular flexibility index (Phi) is 39.9. The van der Waals surface area contributed by atoms with Crippen LogP contribution in [-0.4, -0.2) is 37.2 Å². The molecule has 0 aromatic carbocycles. The van der Waals surface area contributed by atoms with Crippen LogP contribution in [0.25, 0.3) is 0 Å². The first-order chi connectivity index (χ1) is 25.0. The number of hydrogen-bond acceptors (Lipinski definition) is 6. The first kappa shape index (κ1) is 49.4. The molecule has 0 aliphatic heterocycles. The maximum Gasteiger partial charge on any atom is 0.306 e. The molecule has 0 N–H and O–H groups in total. The van der Waals surface area contributed by atoms with Crippen molar-refractivity contribution >= 4 is 17.9 Å². The van der Waals surface area contributed by atoms with E-state index in [4.69, 9.17) is 14.2 Å². The van der Waals surface area contributed by atoms with Crippen molar-refractivity contribution in [2.75, 3.05) is 13.2 Å². The van der Waals surface area contributed by atoms with Gasteiger partial charge in [0.2, 0.25) is 0 Å².